The van der Waals surface area contributed by atoms with Crippen LogP contribution in [0.25, 0.3) is 12.2 Å². The molecule has 0 saturated heterocycles. The number of amides is 1. The average molecular weight is 346 g/mol. The van der Waals surface area contributed by atoms with E-state index >= 15 is 0 Å². The Labute approximate surface area is 143 Å². The standard InChI is InChI=1S/C17H18N2O6/c1-17(10-20,11-21)18-16(22)13-5-2-12(3-6-13)4-7-14-8-9-15(25-14)19(23)24/h2-9,20-21H,10-11H2,1H3,(H,18,22). The molecular weight excluding hydrogens is 328 g/mol. The van der Waals surface area contributed by atoms with Crippen molar-refractivity contribution in [1.82, 2.24) is 5.32 Å². The number of aliphatic hydroxyl groups is 2. The molecule has 0 aliphatic heterocycles. The van der Waals surface area contributed by atoms with E-state index in [1.807, 2.05) is 0 Å². The molecule has 1 aromatic heterocycles. The first-order chi connectivity index (χ1) is 11.9. The van der Waals surface area contributed by atoms with Crippen LogP contribution in [0.3, 0.4) is 0 Å². The highest BCUT2D eigenvalue weighted by Gasteiger charge is 2.24. The first kappa shape index (κ1) is 18.4. The smallest absolute Gasteiger partial charge is 0.401 e. The predicted octanol–water partition coefficient (Wildman–Crippen LogP) is 1.83. The zero-order valence-electron chi connectivity index (χ0n) is 13.5. The molecule has 25 heavy (non-hydrogen) atoms. The van der Waals surface area contributed by atoms with E-state index in [1.165, 1.54) is 19.1 Å². The van der Waals surface area contributed by atoms with Crippen LogP contribution in [0.5, 0.6) is 0 Å². The van der Waals surface area contributed by atoms with Gasteiger partial charge in [-0.3, -0.25) is 14.9 Å². The zero-order chi connectivity index (χ0) is 18.4. The van der Waals surface area contributed by atoms with Gasteiger partial charge in [0.15, 0.2) is 0 Å². The van der Waals surface area contributed by atoms with Gasteiger partial charge in [0.05, 0.1) is 24.8 Å². The van der Waals surface area contributed by atoms with Crippen LogP contribution in [0.2, 0.25) is 0 Å². The summed E-state index contributed by atoms with van der Waals surface area (Å²) >= 11 is 0. The van der Waals surface area contributed by atoms with Gasteiger partial charge in [0.2, 0.25) is 0 Å². The van der Waals surface area contributed by atoms with E-state index in [1.54, 1.807) is 36.4 Å². The molecule has 0 bridgehead atoms. The number of hydrogen-bond acceptors (Lipinski definition) is 6. The molecule has 0 atom stereocenters. The number of nitrogens with one attached hydrogen (secondary N) is 1. The maximum atomic E-state index is 12.1. The second-order valence-electron chi connectivity index (χ2n) is 5.72. The highest BCUT2D eigenvalue weighted by Crippen LogP contribution is 2.18. The second-order valence-corrected chi connectivity index (χ2v) is 5.72. The van der Waals surface area contributed by atoms with Gasteiger partial charge in [-0.05, 0) is 36.8 Å². The molecule has 2 aromatic rings. The van der Waals surface area contributed by atoms with Crippen molar-refractivity contribution in [3.05, 3.63) is 63.4 Å². The van der Waals surface area contributed by atoms with Gasteiger partial charge < -0.3 is 19.9 Å². The lowest BCUT2D eigenvalue weighted by Crippen LogP contribution is -2.51. The van der Waals surface area contributed by atoms with Gasteiger partial charge in [-0.15, -0.1) is 0 Å². The lowest BCUT2D eigenvalue weighted by molar-refractivity contribution is -0.402. The largest absolute Gasteiger partial charge is 0.433 e. The summed E-state index contributed by atoms with van der Waals surface area (Å²) < 4.78 is 5.01. The van der Waals surface area contributed by atoms with Crippen molar-refractivity contribution >= 4 is 23.9 Å². The molecule has 0 spiro atoms. The Morgan fingerprint density at radius 2 is 1.84 bits per heavy atom. The molecule has 0 aliphatic carbocycles. The zero-order valence-corrected chi connectivity index (χ0v) is 13.5. The monoisotopic (exact) mass is 346 g/mol. The van der Waals surface area contributed by atoms with Crippen molar-refractivity contribution in [3.63, 3.8) is 0 Å². The molecule has 3 N–H and O–H groups in total. The normalized spacial score (nSPS) is 11.6. The van der Waals surface area contributed by atoms with Gasteiger partial charge in [-0.2, -0.15) is 0 Å². The summed E-state index contributed by atoms with van der Waals surface area (Å²) in [6, 6.07) is 9.33. The summed E-state index contributed by atoms with van der Waals surface area (Å²) in [6.45, 7) is 0.765. The maximum Gasteiger partial charge on any atom is 0.433 e. The summed E-state index contributed by atoms with van der Waals surface area (Å²) in [7, 11) is 0. The van der Waals surface area contributed by atoms with E-state index in [0.717, 1.165) is 5.56 Å². The van der Waals surface area contributed by atoms with E-state index in [-0.39, 0.29) is 19.1 Å². The van der Waals surface area contributed by atoms with Crippen LogP contribution < -0.4 is 5.32 Å². The second kappa shape index (κ2) is 7.73. The fourth-order valence-corrected chi connectivity index (χ4v) is 1.93. The Hall–Kier alpha value is -2.97. The van der Waals surface area contributed by atoms with Crippen LogP contribution in [0, 0.1) is 10.1 Å². The van der Waals surface area contributed by atoms with Crippen LogP contribution >= 0.6 is 0 Å². The van der Waals surface area contributed by atoms with Gasteiger partial charge in [-0.1, -0.05) is 18.2 Å². The number of nitrogens with zero attached hydrogens (tertiary/aromatic N) is 1. The highest BCUT2D eigenvalue weighted by atomic mass is 16.6. The predicted molar refractivity (Wildman–Crippen MR) is 90.8 cm³/mol. The average Bonchev–Trinajstić information content (AvgIpc) is 3.09. The number of hydrogen-bond donors (Lipinski definition) is 3. The van der Waals surface area contributed by atoms with Gasteiger partial charge in [-0.25, -0.2) is 0 Å². The van der Waals surface area contributed by atoms with Crippen molar-refractivity contribution in [2.24, 2.45) is 0 Å². The Morgan fingerprint density at radius 1 is 1.20 bits per heavy atom. The Balaban J connectivity index is 2.05. The lowest BCUT2D eigenvalue weighted by Gasteiger charge is -2.26. The summed E-state index contributed by atoms with van der Waals surface area (Å²) in [4.78, 5) is 22.0. The molecule has 0 fully saturated rings. The van der Waals surface area contributed by atoms with Gasteiger partial charge in [0.1, 0.15) is 10.7 Å². The van der Waals surface area contributed by atoms with E-state index in [9.17, 15) is 25.1 Å². The van der Waals surface area contributed by atoms with Crippen molar-refractivity contribution in [1.29, 1.82) is 0 Å². The van der Waals surface area contributed by atoms with Crippen molar-refractivity contribution < 1.29 is 24.3 Å². The Kier molecular flexibility index (Phi) is 5.68. The topological polar surface area (TPSA) is 126 Å². The van der Waals surface area contributed by atoms with Crippen LogP contribution in [-0.2, 0) is 0 Å². The van der Waals surface area contributed by atoms with Crippen molar-refractivity contribution in [2.45, 2.75) is 12.5 Å². The number of aliphatic hydroxyl groups excluding tert-OH is 2. The first-order valence-electron chi connectivity index (χ1n) is 7.43. The number of rotatable bonds is 7. The highest BCUT2D eigenvalue weighted by molar-refractivity contribution is 5.95. The minimum atomic E-state index is -1.09. The van der Waals surface area contributed by atoms with Gasteiger partial charge in [0, 0.05) is 5.56 Å². The molecule has 0 saturated carbocycles. The molecule has 0 unspecified atom stereocenters. The van der Waals surface area contributed by atoms with Crippen LogP contribution in [0.1, 0.15) is 28.6 Å². The first-order valence-corrected chi connectivity index (χ1v) is 7.43. The molecule has 0 aliphatic rings. The molecule has 1 amide bonds. The minimum absolute atomic E-state index is 0.331. The third-order valence-electron chi connectivity index (χ3n) is 3.52. The van der Waals surface area contributed by atoms with E-state index in [2.05, 4.69) is 5.32 Å². The SMILES string of the molecule is CC(CO)(CO)NC(=O)c1ccc(C=Cc2ccc([N+](=O)[O-])o2)cc1. The van der Waals surface area contributed by atoms with Gasteiger partial charge in [0.25, 0.3) is 5.91 Å². The Morgan fingerprint density at radius 3 is 2.36 bits per heavy atom. The Bertz CT molecular complexity index is 775. The quantitative estimate of drug-likeness (QED) is 0.519. The number of benzene rings is 1. The van der Waals surface area contributed by atoms with Crippen LogP contribution in [0.4, 0.5) is 5.88 Å². The molecule has 132 valence electrons. The fourth-order valence-electron chi connectivity index (χ4n) is 1.93. The lowest BCUT2D eigenvalue weighted by atomic mass is 10.0. The summed E-state index contributed by atoms with van der Waals surface area (Å²) in [5, 5.41) is 31.5. The third-order valence-corrected chi connectivity index (χ3v) is 3.52. The molecule has 8 nitrogen and oxygen atoms in total. The fraction of sp³-hybridized carbons (Fsp3) is 0.235. The van der Waals surface area contributed by atoms with E-state index in [0.29, 0.717) is 11.3 Å². The number of nitro groups is 1. The summed E-state index contributed by atoms with van der Waals surface area (Å²) in [5.41, 5.74) is 0.0468. The molecule has 1 heterocycles. The van der Waals surface area contributed by atoms with Gasteiger partial charge >= 0.3 is 5.88 Å². The molecule has 2 rings (SSSR count). The minimum Gasteiger partial charge on any atom is -0.401 e. The third kappa shape index (κ3) is 4.75. The van der Waals surface area contributed by atoms with Crippen molar-refractivity contribution in [2.75, 3.05) is 13.2 Å². The van der Waals surface area contributed by atoms with E-state index < -0.39 is 16.4 Å². The van der Waals surface area contributed by atoms with Crippen LogP contribution in [-0.4, -0.2) is 39.8 Å². The summed E-state index contributed by atoms with van der Waals surface area (Å²) in [5.74, 6) is -0.402. The maximum absolute atomic E-state index is 12.1. The molecule has 1 aromatic carbocycles. The number of carbonyl (C=O) groups is 1. The molecular formula is C17H18N2O6. The van der Waals surface area contributed by atoms with Crippen molar-refractivity contribution in [3.8, 4) is 0 Å². The van der Waals surface area contributed by atoms with Crippen LogP contribution in [0.15, 0.2) is 40.8 Å². The van der Waals surface area contributed by atoms with E-state index in [4.69, 9.17) is 4.42 Å². The summed E-state index contributed by atoms with van der Waals surface area (Å²) in [6.07, 6.45) is 3.27. The molecule has 0 radical (unpaired) electrons. The number of carbonyl (C=O) groups excluding carboxylic acids is 1. The number of furan rings is 1. The molecule has 8 heteroatoms.